The maximum absolute atomic E-state index is 11.8. The van der Waals surface area contributed by atoms with Gasteiger partial charge in [-0.2, -0.15) is 0 Å². The Balaban J connectivity index is 1.39. The van der Waals surface area contributed by atoms with Crippen LogP contribution in [0.1, 0.15) is 22.3 Å². The van der Waals surface area contributed by atoms with Crippen molar-refractivity contribution in [3.05, 3.63) is 95.0 Å². The minimum atomic E-state index is -0.330. The van der Waals surface area contributed by atoms with Gasteiger partial charge < -0.3 is 14.2 Å². The SMILES string of the molecule is O=C(OCCCOc1ccc(OCc2ccccc2)c(Cl)c1)c1ccccc1. The number of rotatable bonds is 9. The summed E-state index contributed by atoms with van der Waals surface area (Å²) < 4.78 is 16.6. The van der Waals surface area contributed by atoms with Crippen LogP contribution >= 0.6 is 11.6 Å². The number of benzene rings is 3. The second-order valence-corrected chi connectivity index (χ2v) is 6.48. The second kappa shape index (κ2) is 10.4. The van der Waals surface area contributed by atoms with Gasteiger partial charge in [-0.25, -0.2) is 4.79 Å². The molecule has 4 nitrogen and oxygen atoms in total. The minimum absolute atomic E-state index is 0.291. The highest BCUT2D eigenvalue weighted by molar-refractivity contribution is 6.32. The summed E-state index contributed by atoms with van der Waals surface area (Å²) in [7, 11) is 0. The molecule has 0 amide bonds. The van der Waals surface area contributed by atoms with Gasteiger partial charge in [-0.05, 0) is 29.8 Å². The molecule has 0 fully saturated rings. The predicted octanol–water partition coefficient (Wildman–Crippen LogP) is 5.54. The molecule has 3 rings (SSSR count). The summed E-state index contributed by atoms with van der Waals surface area (Å²) in [6, 6.07) is 24.1. The van der Waals surface area contributed by atoms with E-state index in [1.165, 1.54) is 0 Å². The van der Waals surface area contributed by atoms with Crippen molar-refractivity contribution in [2.45, 2.75) is 13.0 Å². The van der Waals surface area contributed by atoms with Crippen molar-refractivity contribution < 1.29 is 19.0 Å². The molecule has 0 saturated heterocycles. The lowest BCUT2D eigenvalue weighted by molar-refractivity contribution is 0.0486. The predicted molar refractivity (Wildman–Crippen MR) is 109 cm³/mol. The van der Waals surface area contributed by atoms with Gasteiger partial charge in [0.05, 0.1) is 23.8 Å². The number of esters is 1. The van der Waals surface area contributed by atoms with E-state index in [0.717, 1.165) is 5.56 Å². The zero-order valence-electron chi connectivity index (χ0n) is 15.3. The van der Waals surface area contributed by atoms with Crippen molar-refractivity contribution in [2.75, 3.05) is 13.2 Å². The third kappa shape index (κ3) is 6.03. The number of carbonyl (C=O) groups is 1. The lowest BCUT2D eigenvalue weighted by Crippen LogP contribution is -2.09. The largest absolute Gasteiger partial charge is 0.493 e. The van der Waals surface area contributed by atoms with Crippen LogP contribution < -0.4 is 9.47 Å². The fourth-order valence-corrected chi connectivity index (χ4v) is 2.72. The van der Waals surface area contributed by atoms with Gasteiger partial charge >= 0.3 is 5.97 Å². The molecule has 0 saturated carbocycles. The molecule has 0 unspecified atom stereocenters. The van der Waals surface area contributed by atoms with E-state index in [-0.39, 0.29) is 5.97 Å². The van der Waals surface area contributed by atoms with Crippen LogP contribution in [0.5, 0.6) is 11.5 Å². The Bertz CT molecular complexity index is 882. The molecular formula is C23H21ClO4. The first-order valence-corrected chi connectivity index (χ1v) is 9.41. The van der Waals surface area contributed by atoms with Gasteiger partial charge in [-0.3, -0.25) is 0 Å². The molecule has 0 radical (unpaired) electrons. The number of hydrogen-bond donors (Lipinski definition) is 0. The molecule has 3 aromatic rings. The van der Waals surface area contributed by atoms with Crippen LogP contribution in [0.2, 0.25) is 5.02 Å². The molecule has 0 N–H and O–H groups in total. The Kier molecular flexibility index (Phi) is 7.33. The van der Waals surface area contributed by atoms with Crippen molar-refractivity contribution in [2.24, 2.45) is 0 Å². The average Bonchev–Trinajstić information content (AvgIpc) is 2.74. The van der Waals surface area contributed by atoms with Gasteiger partial charge in [-0.15, -0.1) is 0 Å². The van der Waals surface area contributed by atoms with Crippen molar-refractivity contribution in [1.29, 1.82) is 0 Å². The summed E-state index contributed by atoms with van der Waals surface area (Å²) in [5, 5.41) is 0.490. The Labute approximate surface area is 169 Å². The Hall–Kier alpha value is -2.98. The maximum atomic E-state index is 11.8. The lowest BCUT2D eigenvalue weighted by atomic mass is 10.2. The molecule has 0 aliphatic heterocycles. The minimum Gasteiger partial charge on any atom is -0.493 e. The highest BCUT2D eigenvalue weighted by atomic mass is 35.5. The van der Waals surface area contributed by atoms with Crippen LogP contribution in [0.4, 0.5) is 0 Å². The quantitative estimate of drug-likeness (QED) is 0.351. The van der Waals surface area contributed by atoms with E-state index in [1.54, 1.807) is 36.4 Å². The normalized spacial score (nSPS) is 10.3. The van der Waals surface area contributed by atoms with Crippen LogP contribution in [-0.2, 0) is 11.3 Å². The van der Waals surface area contributed by atoms with E-state index in [1.807, 2.05) is 42.5 Å². The third-order valence-corrected chi connectivity index (χ3v) is 4.24. The molecule has 0 aromatic heterocycles. The molecule has 3 aromatic carbocycles. The molecule has 0 aliphatic carbocycles. The molecular weight excluding hydrogens is 376 g/mol. The maximum Gasteiger partial charge on any atom is 0.338 e. The van der Waals surface area contributed by atoms with Crippen LogP contribution in [0.3, 0.4) is 0 Å². The summed E-state index contributed by atoms with van der Waals surface area (Å²) in [5.41, 5.74) is 1.62. The highest BCUT2D eigenvalue weighted by Crippen LogP contribution is 2.29. The van der Waals surface area contributed by atoms with Crippen LogP contribution in [-0.4, -0.2) is 19.2 Å². The van der Waals surface area contributed by atoms with Gasteiger partial charge in [0, 0.05) is 12.5 Å². The lowest BCUT2D eigenvalue weighted by Gasteiger charge is -2.11. The van der Waals surface area contributed by atoms with E-state index >= 15 is 0 Å². The fourth-order valence-electron chi connectivity index (χ4n) is 2.50. The van der Waals surface area contributed by atoms with Crippen molar-refractivity contribution in [3.63, 3.8) is 0 Å². The first-order chi connectivity index (χ1) is 13.7. The number of ether oxygens (including phenoxy) is 3. The summed E-state index contributed by atoms with van der Waals surface area (Å²) in [5.74, 6) is 0.921. The Morgan fingerprint density at radius 1 is 0.821 bits per heavy atom. The van der Waals surface area contributed by atoms with Crippen LogP contribution in [0, 0.1) is 0 Å². The molecule has 0 atom stereocenters. The molecule has 0 aliphatic rings. The molecule has 5 heteroatoms. The molecule has 28 heavy (non-hydrogen) atoms. The van der Waals surface area contributed by atoms with Crippen molar-refractivity contribution in [1.82, 2.24) is 0 Å². The zero-order valence-corrected chi connectivity index (χ0v) is 16.1. The summed E-state index contributed by atoms with van der Waals surface area (Å²) in [4.78, 5) is 11.8. The van der Waals surface area contributed by atoms with Crippen molar-refractivity contribution in [3.8, 4) is 11.5 Å². The van der Waals surface area contributed by atoms with Gasteiger partial charge in [0.2, 0.25) is 0 Å². The van der Waals surface area contributed by atoms with Crippen LogP contribution in [0.25, 0.3) is 0 Å². The van der Waals surface area contributed by atoms with Gasteiger partial charge in [0.1, 0.15) is 18.1 Å². The Morgan fingerprint density at radius 3 is 2.25 bits per heavy atom. The summed E-state index contributed by atoms with van der Waals surface area (Å²) >= 11 is 6.27. The number of hydrogen-bond acceptors (Lipinski definition) is 4. The van der Waals surface area contributed by atoms with Gasteiger partial charge in [0.15, 0.2) is 0 Å². The van der Waals surface area contributed by atoms with Crippen LogP contribution in [0.15, 0.2) is 78.9 Å². The number of halogens is 1. The zero-order chi connectivity index (χ0) is 19.6. The first-order valence-electron chi connectivity index (χ1n) is 9.03. The monoisotopic (exact) mass is 396 g/mol. The smallest absolute Gasteiger partial charge is 0.338 e. The standard InChI is InChI=1S/C23H21ClO4/c24-21-16-20(12-13-22(21)28-17-18-8-3-1-4-9-18)26-14-7-15-27-23(25)19-10-5-2-6-11-19/h1-6,8-13,16H,7,14-15,17H2. The second-order valence-electron chi connectivity index (χ2n) is 6.07. The third-order valence-electron chi connectivity index (χ3n) is 3.94. The average molecular weight is 397 g/mol. The highest BCUT2D eigenvalue weighted by Gasteiger charge is 2.07. The molecule has 0 spiro atoms. The fraction of sp³-hybridized carbons (Fsp3) is 0.174. The van der Waals surface area contributed by atoms with Gasteiger partial charge in [-0.1, -0.05) is 60.1 Å². The molecule has 144 valence electrons. The number of carbonyl (C=O) groups excluding carboxylic acids is 1. The van der Waals surface area contributed by atoms with Crippen molar-refractivity contribution >= 4 is 17.6 Å². The summed E-state index contributed by atoms with van der Waals surface area (Å²) in [6.07, 6.45) is 0.586. The first kappa shape index (κ1) is 19.8. The Morgan fingerprint density at radius 2 is 1.54 bits per heavy atom. The van der Waals surface area contributed by atoms with E-state index in [4.69, 9.17) is 25.8 Å². The topological polar surface area (TPSA) is 44.8 Å². The van der Waals surface area contributed by atoms with Gasteiger partial charge in [0.25, 0.3) is 0 Å². The van der Waals surface area contributed by atoms with E-state index in [9.17, 15) is 4.79 Å². The molecule has 0 bridgehead atoms. The van der Waals surface area contributed by atoms with E-state index < -0.39 is 0 Å². The summed E-state index contributed by atoms with van der Waals surface area (Å²) in [6.45, 7) is 1.16. The van der Waals surface area contributed by atoms with E-state index in [0.29, 0.717) is 48.3 Å². The molecule has 0 heterocycles. The van der Waals surface area contributed by atoms with E-state index in [2.05, 4.69) is 0 Å².